The summed E-state index contributed by atoms with van der Waals surface area (Å²) >= 11 is 0. The van der Waals surface area contributed by atoms with E-state index in [0.29, 0.717) is 29.4 Å². The first kappa shape index (κ1) is 14.5. The molecule has 0 bridgehead atoms. The van der Waals surface area contributed by atoms with Crippen LogP contribution in [0.2, 0.25) is 0 Å². The van der Waals surface area contributed by atoms with E-state index in [0.717, 1.165) is 6.42 Å². The van der Waals surface area contributed by atoms with Crippen LogP contribution in [0.4, 0.5) is 0 Å². The van der Waals surface area contributed by atoms with Crippen LogP contribution in [0.1, 0.15) is 45.1 Å². The summed E-state index contributed by atoms with van der Waals surface area (Å²) in [6, 6.07) is 7.32. The summed E-state index contributed by atoms with van der Waals surface area (Å²) < 4.78 is 29.3. The lowest BCUT2D eigenvalue weighted by Crippen LogP contribution is -2.06. The van der Waals surface area contributed by atoms with Gasteiger partial charge in [0, 0.05) is 0 Å². The number of benzene rings is 1. The zero-order valence-corrected chi connectivity index (χ0v) is 12.6. The molecular formula is C15H22O3S. The van der Waals surface area contributed by atoms with E-state index in [1.807, 2.05) is 19.1 Å². The summed E-state index contributed by atoms with van der Waals surface area (Å²) in [6.45, 7) is 6.12. The van der Waals surface area contributed by atoms with Crippen LogP contribution in [0.3, 0.4) is 0 Å². The zero-order valence-electron chi connectivity index (χ0n) is 11.8. The van der Waals surface area contributed by atoms with Gasteiger partial charge >= 0.3 is 0 Å². The second-order valence-corrected chi connectivity index (χ2v) is 7.51. The molecule has 0 N–H and O–H groups in total. The van der Waals surface area contributed by atoms with Gasteiger partial charge in [-0.1, -0.05) is 26.0 Å². The molecule has 3 unspecified atom stereocenters. The SMILES string of the molecule is CCCS(=O)(=O)c1ccc(C(C)CC2OC2C)cc1. The molecule has 2 rings (SSSR count). The van der Waals surface area contributed by atoms with Crippen LogP contribution in [0.5, 0.6) is 0 Å². The molecule has 1 aliphatic rings. The molecule has 4 heteroatoms. The minimum Gasteiger partial charge on any atom is -0.370 e. The second-order valence-electron chi connectivity index (χ2n) is 5.40. The monoisotopic (exact) mass is 282 g/mol. The summed E-state index contributed by atoms with van der Waals surface area (Å²) in [4.78, 5) is 0.432. The highest BCUT2D eigenvalue weighted by Gasteiger charge is 2.35. The molecule has 0 aliphatic carbocycles. The number of hydrogen-bond acceptors (Lipinski definition) is 3. The molecule has 106 valence electrons. The van der Waals surface area contributed by atoms with Crippen molar-refractivity contribution in [1.82, 2.24) is 0 Å². The molecule has 1 fully saturated rings. The predicted octanol–water partition coefficient (Wildman–Crippen LogP) is 3.15. The van der Waals surface area contributed by atoms with Crippen LogP contribution in [0.15, 0.2) is 29.2 Å². The predicted molar refractivity (Wildman–Crippen MR) is 76.2 cm³/mol. The highest BCUT2D eigenvalue weighted by Crippen LogP contribution is 2.32. The van der Waals surface area contributed by atoms with Crippen LogP contribution in [-0.2, 0) is 14.6 Å². The number of hydrogen-bond donors (Lipinski definition) is 0. The molecule has 3 nitrogen and oxygen atoms in total. The lowest BCUT2D eigenvalue weighted by molar-refractivity contribution is 0.362. The summed E-state index contributed by atoms with van der Waals surface area (Å²) in [6.07, 6.45) is 2.41. The van der Waals surface area contributed by atoms with Gasteiger partial charge in [-0.2, -0.15) is 0 Å². The van der Waals surface area contributed by atoms with Gasteiger partial charge in [-0.05, 0) is 43.4 Å². The van der Waals surface area contributed by atoms with E-state index in [9.17, 15) is 8.42 Å². The number of ether oxygens (including phenoxy) is 1. The van der Waals surface area contributed by atoms with E-state index in [-0.39, 0.29) is 5.75 Å². The average molecular weight is 282 g/mol. The van der Waals surface area contributed by atoms with Crippen LogP contribution in [-0.4, -0.2) is 26.4 Å². The summed E-state index contributed by atoms with van der Waals surface area (Å²) in [7, 11) is -3.10. The Morgan fingerprint density at radius 1 is 1.26 bits per heavy atom. The molecule has 1 aromatic carbocycles. The van der Waals surface area contributed by atoms with Gasteiger partial charge in [0.1, 0.15) is 0 Å². The Bertz CT molecular complexity index is 519. The first-order valence-corrected chi connectivity index (χ1v) is 8.57. The molecule has 0 radical (unpaired) electrons. The minimum absolute atomic E-state index is 0.218. The first-order chi connectivity index (χ1) is 8.94. The Hall–Kier alpha value is -0.870. The fraction of sp³-hybridized carbons (Fsp3) is 0.600. The fourth-order valence-corrected chi connectivity index (χ4v) is 3.68. The van der Waals surface area contributed by atoms with Gasteiger partial charge in [-0.25, -0.2) is 8.42 Å². The van der Waals surface area contributed by atoms with Crippen molar-refractivity contribution in [3.05, 3.63) is 29.8 Å². The maximum Gasteiger partial charge on any atom is 0.178 e. The smallest absolute Gasteiger partial charge is 0.178 e. The van der Waals surface area contributed by atoms with E-state index in [1.165, 1.54) is 5.56 Å². The van der Waals surface area contributed by atoms with E-state index in [2.05, 4.69) is 13.8 Å². The quantitative estimate of drug-likeness (QED) is 0.753. The van der Waals surface area contributed by atoms with E-state index < -0.39 is 9.84 Å². The highest BCUT2D eigenvalue weighted by atomic mass is 32.2. The number of rotatable bonds is 6. The molecule has 0 aromatic heterocycles. The molecule has 19 heavy (non-hydrogen) atoms. The Morgan fingerprint density at radius 2 is 1.84 bits per heavy atom. The third-order valence-corrected chi connectivity index (χ3v) is 5.64. The molecule has 0 saturated carbocycles. The largest absolute Gasteiger partial charge is 0.370 e. The molecule has 1 aliphatic heterocycles. The van der Waals surface area contributed by atoms with Gasteiger partial charge in [0.2, 0.25) is 0 Å². The molecule has 0 amide bonds. The second kappa shape index (κ2) is 5.63. The Morgan fingerprint density at radius 3 is 2.32 bits per heavy atom. The van der Waals surface area contributed by atoms with Gasteiger partial charge in [0.25, 0.3) is 0 Å². The van der Waals surface area contributed by atoms with Crippen LogP contribution in [0, 0.1) is 0 Å². The van der Waals surface area contributed by atoms with Gasteiger partial charge in [-0.3, -0.25) is 0 Å². The van der Waals surface area contributed by atoms with E-state index in [1.54, 1.807) is 12.1 Å². The third kappa shape index (κ3) is 3.57. The van der Waals surface area contributed by atoms with Gasteiger partial charge in [0.15, 0.2) is 9.84 Å². The first-order valence-electron chi connectivity index (χ1n) is 6.92. The Kier molecular flexibility index (Phi) is 4.31. The highest BCUT2D eigenvalue weighted by molar-refractivity contribution is 7.91. The van der Waals surface area contributed by atoms with Crippen LogP contribution >= 0.6 is 0 Å². The lowest BCUT2D eigenvalue weighted by atomic mass is 9.96. The maximum absolute atomic E-state index is 11.9. The zero-order chi connectivity index (χ0) is 14.0. The number of epoxide rings is 1. The summed E-state index contributed by atoms with van der Waals surface area (Å²) in [5.41, 5.74) is 1.18. The standard InChI is InChI=1S/C15H22O3S/c1-4-9-19(16,17)14-7-5-13(6-8-14)11(2)10-15-12(3)18-15/h5-8,11-12,15H,4,9-10H2,1-3H3. The van der Waals surface area contributed by atoms with Crippen molar-refractivity contribution >= 4 is 9.84 Å². The maximum atomic E-state index is 11.9. The van der Waals surface area contributed by atoms with Crippen molar-refractivity contribution < 1.29 is 13.2 Å². The van der Waals surface area contributed by atoms with Gasteiger partial charge < -0.3 is 4.74 Å². The molecule has 1 heterocycles. The van der Waals surface area contributed by atoms with Crippen molar-refractivity contribution in [2.45, 2.75) is 56.6 Å². The fourth-order valence-electron chi connectivity index (χ4n) is 2.35. The molecule has 1 aromatic rings. The average Bonchev–Trinajstić information content (AvgIpc) is 3.05. The van der Waals surface area contributed by atoms with Crippen LogP contribution < -0.4 is 0 Å². The lowest BCUT2D eigenvalue weighted by Gasteiger charge is -2.11. The van der Waals surface area contributed by atoms with Crippen molar-refractivity contribution in [2.24, 2.45) is 0 Å². The molecular weight excluding hydrogens is 260 g/mol. The van der Waals surface area contributed by atoms with E-state index in [4.69, 9.17) is 4.74 Å². The van der Waals surface area contributed by atoms with Crippen molar-refractivity contribution in [2.75, 3.05) is 5.75 Å². The Labute approximate surface area is 115 Å². The van der Waals surface area contributed by atoms with Crippen molar-refractivity contribution in [3.8, 4) is 0 Å². The third-order valence-electron chi connectivity index (χ3n) is 3.70. The van der Waals surface area contributed by atoms with Gasteiger partial charge in [-0.15, -0.1) is 0 Å². The van der Waals surface area contributed by atoms with Crippen molar-refractivity contribution in [3.63, 3.8) is 0 Å². The van der Waals surface area contributed by atoms with Crippen molar-refractivity contribution in [1.29, 1.82) is 0 Å². The van der Waals surface area contributed by atoms with E-state index >= 15 is 0 Å². The summed E-state index contributed by atoms with van der Waals surface area (Å²) in [5.74, 6) is 0.618. The number of sulfone groups is 1. The Balaban J connectivity index is 2.05. The van der Waals surface area contributed by atoms with Gasteiger partial charge in [0.05, 0.1) is 22.9 Å². The molecule has 1 saturated heterocycles. The molecule has 3 atom stereocenters. The van der Waals surface area contributed by atoms with Crippen LogP contribution in [0.25, 0.3) is 0 Å². The topological polar surface area (TPSA) is 46.7 Å². The normalized spacial score (nSPS) is 24.2. The minimum atomic E-state index is -3.10. The molecule has 0 spiro atoms. The summed E-state index contributed by atoms with van der Waals surface area (Å²) in [5, 5.41) is 0.